The minimum Gasteiger partial charge on any atom is -0.301 e. The number of aromatic nitrogens is 5. The molecule has 0 radical (unpaired) electrons. The van der Waals surface area contributed by atoms with E-state index in [0.29, 0.717) is 32.3 Å². The third-order valence-corrected chi connectivity index (χ3v) is 5.98. The van der Waals surface area contributed by atoms with Gasteiger partial charge in [-0.25, -0.2) is 4.98 Å². The molecule has 3 aromatic rings. The van der Waals surface area contributed by atoms with Gasteiger partial charge in [0, 0.05) is 18.2 Å². The highest BCUT2D eigenvalue weighted by molar-refractivity contribution is 8.00. The van der Waals surface area contributed by atoms with Gasteiger partial charge >= 0.3 is 0 Å². The van der Waals surface area contributed by atoms with E-state index in [1.165, 1.54) is 45.0 Å². The third-order valence-electron chi connectivity index (χ3n) is 3.15. The van der Waals surface area contributed by atoms with Gasteiger partial charge < -0.3 is 5.32 Å². The van der Waals surface area contributed by atoms with Gasteiger partial charge in [0.25, 0.3) is 5.56 Å². The number of rotatable bonds is 7. The second-order valence-corrected chi connectivity index (χ2v) is 8.57. The Morgan fingerprint density at radius 1 is 1.36 bits per heavy atom. The maximum absolute atomic E-state index is 12.0. The summed E-state index contributed by atoms with van der Waals surface area (Å²) in [6.45, 7) is 3.88. The number of nitrogens with one attached hydrogen (secondary N) is 1. The van der Waals surface area contributed by atoms with Crippen molar-refractivity contribution in [3.8, 4) is 0 Å². The standard InChI is InChI=1S/C14H16N6O2S3/c1-3-4-5-10(21)16-12-17-18-14(25-12)23-7-9-6-11(22)20-13(15-9)24-8(2)19-20/h6H,3-5,7H2,1-2H3,(H,16,17,21). The van der Waals surface area contributed by atoms with E-state index >= 15 is 0 Å². The first-order valence-electron chi connectivity index (χ1n) is 7.67. The smallest absolute Gasteiger partial charge is 0.275 e. The Hall–Kier alpha value is -1.85. The van der Waals surface area contributed by atoms with E-state index in [-0.39, 0.29) is 11.5 Å². The molecule has 0 unspecified atom stereocenters. The van der Waals surface area contributed by atoms with E-state index in [4.69, 9.17) is 0 Å². The second kappa shape index (κ2) is 8.02. The average molecular weight is 397 g/mol. The Morgan fingerprint density at radius 2 is 2.20 bits per heavy atom. The van der Waals surface area contributed by atoms with E-state index in [1.807, 2.05) is 13.8 Å². The van der Waals surface area contributed by atoms with Gasteiger partial charge in [-0.1, -0.05) is 47.8 Å². The van der Waals surface area contributed by atoms with Gasteiger partial charge in [-0.05, 0) is 13.3 Å². The number of fused-ring (bicyclic) bond motifs is 1. The van der Waals surface area contributed by atoms with Crippen molar-refractivity contribution in [1.29, 1.82) is 0 Å². The molecule has 3 aromatic heterocycles. The van der Waals surface area contributed by atoms with Crippen molar-refractivity contribution in [1.82, 2.24) is 24.8 Å². The van der Waals surface area contributed by atoms with Gasteiger partial charge in [-0.15, -0.1) is 10.2 Å². The number of carbonyl (C=O) groups is 1. The third kappa shape index (κ3) is 4.61. The monoisotopic (exact) mass is 396 g/mol. The highest BCUT2D eigenvalue weighted by Gasteiger charge is 2.11. The molecule has 132 valence electrons. The first-order valence-corrected chi connectivity index (χ1v) is 10.3. The van der Waals surface area contributed by atoms with Gasteiger partial charge in [0.2, 0.25) is 16.0 Å². The van der Waals surface area contributed by atoms with Crippen LogP contribution in [0.5, 0.6) is 0 Å². The topological polar surface area (TPSA) is 102 Å². The predicted octanol–water partition coefficient (Wildman–Crippen LogP) is 2.73. The summed E-state index contributed by atoms with van der Waals surface area (Å²) < 4.78 is 2.02. The molecule has 8 nitrogen and oxygen atoms in total. The van der Waals surface area contributed by atoms with Crippen molar-refractivity contribution in [2.24, 2.45) is 0 Å². The lowest BCUT2D eigenvalue weighted by Crippen LogP contribution is -2.15. The summed E-state index contributed by atoms with van der Waals surface area (Å²) in [5.41, 5.74) is 0.480. The molecule has 0 spiro atoms. The number of carbonyl (C=O) groups excluding carboxylic acids is 1. The summed E-state index contributed by atoms with van der Waals surface area (Å²) in [7, 11) is 0. The molecule has 3 rings (SSSR count). The lowest BCUT2D eigenvalue weighted by molar-refractivity contribution is -0.116. The minimum atomic E-state index is -0.189. The predicted molar refractivity (Wildman–Crippen MR) is 99.5 cm³/mol. The molecule has 0 aromatic carbocycles. The van der Waals surface area contributed by atoms with Crippen molar-refractivity contribution in [2.45, 2.75) is 43.2 Å². The zero-order chi connectivity index (χ0) is 17.8. The molecule has 25 heavy (non-hydrogen) atoms. The van der Waals surface area contributed by atoms with Crippen LogP contribution in [0.1, 0.15) is 36.9 Å². The number of amides is 1. The molecular formula is C14H16N6O2S3. The number of thioether (sulfide) groups is 1. The number of hydrogen-bond donors (Lipinski definition) is 1. The van der Waals surface area contributed by atoms with E-state index in [1.54, 1.807) is 0 Å². The normalized spacial score (nSPS) is 11.1. The Bertz CT molecular complexity index is 948. The van der Waals surface area contributed by atoms with E-state index in [2.05, 4.69) is 25.6 Å². The largest absolute Gasteiger partial charge is 0.301 e. The molecule has 0 aliphatic heterocycles. The van der Waals surface area contributed by atoms with E-state index in [9.17, 15) is 9.59 Å². The van der Waals surface area contributed by atoms with Crippen molar-refractivity contribution in [3.63, 3.8) is 0 Å². The average Bonchev–Trinajstić information content (AvgIpc) is 3.17. The van der Waals surface area contributed by atoms with Crippen LogP contribution < -0.4 is 10.9 Å². The van der Waals surface area contributed by atoms with Crippen LogP contribution >= 0.6 is 34.4 Å². The molecule has 3 heterocycles. The SMILES string of the molecule is CCCCC(=O)Nc1nnc(SCc2cc(=O)n3nc(C)sc3n2)s1. The zero-order valence-corrected chi connectivity index (χ0v) is 16.1. The van der Waals surface area contributed by atoms with Crippen LogP contribution in [0.4, 0.5) is 5.13 Å². The Morgan fingerprint density at radius 3 is 3.00 bits per heavy atom. The fraction of sp³-hybridized carbons (Fsp3) is 0.429. The molecule has 1 N–H and O–H groups in total. The quantitative estimate of drug-likeness (QED) is 0.484. The van der Waals surface area contributed by atoms with Crippen molar-refractivity contribution >= 4 is 50.4 Å². The summed E-state index contributed by atoms with van der Waals surface area (Å²) in [5.74, 6) is 0.455. The van der Waals surface area contributed by atoms with Crippen LogP contribution in [-0.4, -0.2) is 30.7 Å². The van der Waals surface area contributed by atoms with E-state index < -0.39 is 0 Å². The second-order valence-electron chi connectivity index (χ2n) is 5.21. The molecule has 0 aliphatic rings. The number of anilines is 1. The van der Waals surface area contributed by atoms with Crippen LogP contribution in [0, 0.1) is 6.92 Å². The van der Waals surface area contributed by atoms with E-state index in [0.717, 1.165) is 17.8 Å². The van der Waals surface area contributed by atoms with Crippen LogP contribution in [-0.2, 0) is 10.5 Å². The Labute approximate surface area is 155 Å². The summed E-state index contributed by atoms with van der Waals surface area (Å²) in [5, 5.41) is 16.2. The number of aryl methyl sites for hydroxylation is 1. The van der Waals surface area contributed by atoms with Crippen molar-refractivity contribution < 1.29 is 4.79 Å². The van der Waals surface area contributed by atoms with Crippen molar-refractivity contribution in [3.05, 3.63) is 27.1 Å². The highest BCUT2D eigenvalue weighted by Crippen LogP contribution is 2.28. The number of nitrogens with zero attached hydrogens (tertiary/aromatic N) is 5. The molecule has 0 saturated carbocycles. The summed E-state index contributed by atoms with van der Waals surface area (Å²) >= 11 is 4.12. The molecule has 0 bridgehead atoms. The molecular weight excluding hydrogens is 380 g/mol. The van der Waals surface area contributed by atoms with Crippen LogP contribution in [0.2, 0.25) is 0 Å². The summed E-state index contributed by atoms with van der Waals surface area (Å²) in [6, 6.07) is 1.48. The number of hydrogen-bond acceptors (Lipinski definition) is 9. The summed E-state index contributed by atoms with van der Waals surface area (Å²) in [6.07, 6.45) is 2.31. The molecule has 11 heteroatoms. The highest BCUT2D eigenvalue weighted by atomic mass is 32.2. The van der Waals surface area contributed by atoms with Gasteiger partial charge in [0.15, 0.2) is 4.34 Å². The fourth-order valence-electron chi connectivity index (χ4n) is 2.00. The molecule has 0 atom stereocenters. The molecule has 0 fully saturated rings. The van der Waals surface area contributed by atoms with Gasteiger partial charge in [-0.3, -0.25) is 9.59 Å². The Kier molecular flexibility index (Phi) is 5.76. The minimum absolute atomic E-state index is 0.0461. The van der Waals surface area contributed by atoms with Crippen LogP contribution in [0.25, 0.3) is 4.96 Å². The van der Waals surface area contributed by atoms with Gasteiger partial charge in [0.05, 0.1) is 5.69 Å². The first-order chi connectivity index (χ1) is 12.0. The van der Waals surface area contributed by atoms with Gasteiger partial charge in [0.1, 0.15) is 5.01 Å². The zero-order valence-electron chi connectivity index (χ0n) is 13.7. The molecule has 0 aliphatic carbocycles. The lowest BCUT2D eigenvalue weighted by atomic mass is 10.2. The van der Waals surface area contributed by atoms with Gasteiger partial charge in [-0.2, -0.15) is 9.61 Å². The number of unbranched alkanes of at least 4 members (excludes halogenated alkanes) is 1. The lowest BCUT2D eigenvalue weighted by Gasteiger charge is -1.99. The molecule has 0 saturated heterocycles. The Balaban J connectivity index is 1.62. The van der Waals surface area contributed by atoms with Crippen molar-refractivity contribution in [2.75, 3.05) is 5.32 Å². The maximum atomic E-state index is 12.0. The van der Waals surface area contributed by atoms with Crippen LogP contribution in [0.3, 0.4) is 0 Å². The maximum Gasteiger partial charge on any atom is 0.275 e. The molecule has 1 amide bonds. The summed E-state index contributed by atoms with van der Waals surface area (Å²) in [4.78, 5) is 28.7. The van der Waals surface area contributed by atoms with Crippen LogP contribution in [0.15, 0.2) is 15.2 Å². The fourth-order valence-corrected chi connectivity index (χ4v) is 4.43. The first kappa shape index (κ1) is 18.0.